The number of carbonyl (C=O) groups excluding carboxylic acids is 1. The molecular formula is C16H22F2O6. The van der Waals surface area contributed by atoms with E-state index in [2.05, 4.69) is 0 Å². The van der Waals surface area contributed by atoms with Gasteiger partial charge in [-0.1, -0.05) is 0 Å². The summed E-state index contributed by atoms with van der Waals surface area (Å²) in [6, 6.07) is 0. The fourth-order valence-corrected chi connectivity index (χ4v) is 5.22. The predicted octanol–water partition coefficient (Wildman–Crippen LogP) is 2.21. The van der Waals surface area contributed by atoms with Crippen molar-refractivity contribution in [3.63, 3.8) is 0 Å². The van der Waals surface area contributed by atoms with Crippen molar-refractivity contribution in [1.29, 1.82) is 0 Å². The number of alkyl halides is 2. The summed E-state index contributed by atoms with van der Waals surface area (Å²) in [5.41, 5.74) is -2.10. The molecule has 4 saturated carbocycles. The second-order valence-electron chi connectivity index (χ2n) is 7.48. The van der Waals surface area contributed by atoms with Crippen molar-refractivity contribution in [3.05, 3.63) is 0 Å². The van der Waals surface area contributed by atoms with Crippen molar-refractivity contribution in [3.8, 4) is 0 Å². The summed E-state index contributed by atoms with van der Waals surface area (Å²) in [7, 11) is 1.50. The normalized spacial score (nSPS) is 37.5. The van der Waals surface area contributed by atoms with Gasteiger partial charge in [0.15, 0.2) is 0 Å². The van der Waals surface area contributed by atoms with E-state index >= 15 is 0 Å². The van der Waals surface area contributed by atoms with Crippen LogP contribution in [0.1, 0.15) is 38.5 Å². The Balaban J connectivity index is 1.79. The molecule has 4 rings (SSSR count). The highest BCUT2D eigenvalue weighted by Crippen LogP contribution is 2.63. The summed E-state index contributed by atoms with van der Waals surface area (Å²) < 4.78 is 42.3. The smallest absolute Gasteiger partial charge is 0.456 e. The molecule has 136 valence electrons. The first kappa shape index (κ1) is 17.5. The van der Waals surface area contributed by atoms with Crippen molar-refractivity contribution >= 4 is 11.9 Å². The van der Waals surface area contributed by atoms with Crippen molar-refractivity contribution in [2.75, 3.05) is 20.3 Å². The van der Waals surface area contributed by atoms with E-state index in [4.69, 9.17) is 19.3 Å². The van der Waals surface area contributed by atoms with Crippen LogP contribution >= 0.6 is 0 Å². The molecule has 0 radical (unpaired) electrons. The third-order valence-electron chi connectivity index (χ3n) is 5.55. The summed E-state index contributed by atoms with van der Waals surface area (Å²) >= 11 is 0. The Bertz CT molecular complexity index is 521. The van der Waals surface area contributed by atoms with Gasteiger partial charge in [-0.2, -0.15) is 8.78 Å². The fourth-order valence-electron chi connectivity index (χ4n) is 5.22. The Morgan fingerprint density at radius 3 is 2.33 bits per heavy atom. The minimum atomic E-state index is -4.24. The van der Waals surface area contributed by atoms with E-state index in [0.717, 1.165) is 6.42 Å². The number of rotatable bonds is 7. The van der Waals surface area contributed by atoms with Gasteiger partial charge in [-0.15, -0.1) is 0 Å². The van der Waals surface area contributed by atoms with Crippen molar-refractivity contribution < 1.29 is 37.7 Å². The number of aliphatic carboxylic acids is 1. The molecule has 0 amide bonds. The first-order valence-electron chi connectivity index (χ1n) is 8.18. The Morgan fingerprint density at radius 2 is 1.79 bits per heavy atom. The van der Waals surface area contributed by atoms with Crippen LogP contribution < -0.4 is 0 Å². The van der Waals surface area contributed by atoms with Crippen LogP contribution in [0.5, 0.6) is 0 Å². The highest BCUT2D eigenvalue weighted by atomic mass is 19.3. The molecule has 0 aromatic carbocycles. The monoisotopic (exact) mass is 348 g/mol. The molecule has 4 fully saturated rings. The maximum absolute atomic E-state index is 13.7. The van der Waals surface area contributed by atoms with Gasteiger partial charge in [0.25, 0.3) is 0 Å². The standard InChI is InChI=1S/C16H22F2O6/c1-22-2-3-23-13(21)14-5-10-4-11(6-14)8-15(7-10,9-14)24-16(17,18)12(19)20/h10-11H,2-9H2,1H3,(H,19,20). The second-order valence-corrected chi connectivity index (χ2v) is 7.48. The van der Waals surface area contributed by atoms with E-state index in [1.165, 1.54) is 7.11 Å². The van der Waals surface area contributed by atoms with Crippen LogP contribution in [0.25, 0.3) is 0 Å². The molecule has 8 heteroatoms. The number of methoxy groups -OCH3 is 1. The summed E-state index contributed by atoms with van der Waals surface area (Å²) in [5, 5.41) is 8.68. The van der Waals surface area contributed by atoms with Gasteiger partial charge in [-0.3, -0.25) is 4.79 Å². The van der Waals surface area contributed by atoms with Gasteiger partial charge in [0, 0.05) is 7.11 Å². The lowest BCUT2D eigenvalue weighted by atomic mass is 9.48. The molecule has 0 aromatic heterocycles. The van der Waals surface area contributed by atoms with E-state index in [1.54, 1.807) is 0 Å². The molecule has 4 bridgehead atoms. The third-order valence-corrected chi connectivity index (χ3v) is 5.55. The lowest BCUT2D eigenvalue weighted by Gasteiger charge is -2.60. The van der Waals surface area contributed by atoms with E-state index in [-0.39, 0.29) is 31.5 Å². The molecule has 6 nitrogen and oxygen atoms in total. The first-order valence-corrected chi connectivity index (χ1v) is 8.18. The lowest BCUT2D eigenvalue weighted by molar-refractivity contribution is -0.321. The number of hydrogen-bond acceptors (Lipinski definition) is 5. The van der Waals surface area contributed by atoms with Gasteiger partial charge in [-0.05, 0) is 50.4 Å². The SMILES string of the molecule is COCCOC(=O)C12CC3CC(CC(OC(F)(F)C(=O)O)(C3)C1)C2. The van der Waals surface area contributed by atoms with Crippen LogP contribution in [-0.4, -0.2) is 49.1 Å². The summed E-state index contributed by atoms with van der Waals surface area (Å²) in [4.78, 5) is 23.3. The zero-order valence-corrected chi connectivity index (χ0v) is 13.6. The Kier molecular flexibility index (Phi) is 4.32. The number of esters is 1. The average Bonchev–Trinajstić information content (AvgIpc) is 2.44. The Labute approximate surface area is 138 Å². The van der Waals surface area contributed by atoms with Gasteiger partial charge < -0.3 is 19.3 Å². The summed E-state index contributed by atoms with van der Waals surface area (Å²) in [6.45, 7) is 0.388. The maximum atomic E-state index is 13.7. The molecule has 24 heavy (non-hydrogen) atoms. The van der Waals surface area contributed by atoms with Gasteiger partial charge in [0.2, 0.25) is 0 Å². The van der Waals surface area contributed by atoms with Crippen molar-refractivity contribution in [2.45, 2.75) is 50.2 Å². The molecule has 4 aliphatic carbocycles. The van der Waals surface area contributed by atoms with Crippen LogP contribution in [0.2, 0.25) is 0 Å². The molecule has 0 aromatic rings. The molecule has 0 heterocycles. The van der Waals surface area contributed by atoms with Crippen LogP contribution in [0.4, 0.5) is 8.78 Å². The summed E-state index contributed by atoms with van der Waals surface area (Å²) in [5.74, 6) is -2.52. The number of carbonyl (C=O) groups is 2. The summed E-state index contributed by atoms with van der Waals surface area (Å²) in [6.07, 6.45) is -1.33. The van der Waals surface area contributed by atoms with Crippen LogP contribution in [-0.2, 0) is 23.8 Å². The molecule has 1 N–H and O–H groups in total. The molecule has 0 aliphatic heterocycles. The number of halogens is 2. The molecule has 2 unspecified atom stereocenters. The minimum Gasteiger partial charge on any atom is -0.475 e. The maximum Gasteiger partial charge on any atom is 0.456 e. The average molecular weight is 348 g/mol. The van der Waals surface area contributed by atoms with Crippen LogP contribution in [0.3, 0.4) is 0 Å². The van der Waals surface area contributed by atoms with Gasteiger partial charge in [0.05, 0.1) is 17.6 Å². The van der Waals surface area contributed by atoms with Crippen molar-refractivity contribution in [2.24, 2.45) is 17.3 Å². The third kappa shape index (κ3) is 3.01. The van der Waals surface area contributed by atoms with Crippen molar-refractivity contribution in [1.82, 2.24) is 0 Å². The van der Waals surface area contributed by atoms with E-state index in [1.807, 2.05) is 0 Å². The predicted molar refractivity (Wildman–Crippen MR) is 76.3 cm³/mol. The molecule has 0 saturated heterocycles. The van der Waals surface area contributed by atoms with E-state index in [9.17, 15) is 18.4 Å². The van der Waals surface area contributed by atoms with Crippen LogP contribution in [0, 0.1) is 17.3 Å². The fraction of sp³-hybridized carbons (Fsp3) is 0.875. The van der Waals surface area contributed by atoms with Gasteiger partial charge >= 0.3 is 18.0 Å². The topological polar surface area (TPSA) is 82.1 Å². The minimum absolute atomic E-state index is 0.0887. The second kappa shape index (κ2) is 5.91. The van der Waals surface area contributed by atoms with E-state index < -0.39 is 29.1 Å². The van der Waals surface area contributed by atoms with Gasteiger partial charge in [-0.25, -0.2) is 4.79 Å². The first-order chi connectivity index (χ1) is 11.2. The Hall–Kier alpha value is -1.28. The zero-order chi connectivity index (χ0) is 17.6. The number of ether oxygens (including phenoxy) is 3. The lowest BCUT2D eigenvalue weighted by Crippen LogP contribution is -2.61. The van der Waals surface area contributed by atoms with Gasteiger partial charge in [0.1, 0.15) is 6.61 Å². The highest BCUT2D eigenvalue weighted by Gasteiger charge is 2.64. The highest BCUT2D eigenvalue weighted by molar-refractivity contribution is 5.78. The largest absolute Gasteiger partial charge is 0.475 e. The van der Waals surface area contributed by atoms with Crippen LogP contribution in [0.15, 0.2) is 0 Å². The quantitative estimate of drug-likeness (QED) is 0.561. The molecule has 0 spiro atoms. The van der Waals surface area contributed by atoms with E-state index in [0.29, 0.717) is 25.7 Å². The number of carboxylic acids is 1. The number of carboxylic acid groups (broad SMARTS) is 1. The molecule has 4 aliphatic rings. The Morgan fingerprint density at radius 1 is 1.17 bits per heavy atom. The molecular weight excluding hydrogens is 326 g/mol. The number of hydrogen-bond donors (Lipinski definition) is 1. The molecule has 2 atom stereocenters. The zero-order valence-electron chi connectivity index (χ0n) is 13.6.